The maximum Gasteiger partial charge on any atom is 0.223 e. The van der Waals surface area contributed by atoms with Crippen LogP contribution < -0.4 is 10.6 Å². The van der Waals surface area contributed by atoms with Crippen LogP contribution in [0.25, 0.3) is 11.0 Å². The number of nitrogens with one attached hydrogen (secondary N) is 2. The second-order valence-electron chi connectivity index (χ2n) is 7.52. The third-order valence-electron chi connectivity index (χ3n) is 5.32. The fraction of sp³-hybridized carbons (Fsp3) is 0.400. The first kappa shape index (κ1) is 19.7. The topological polar surface area (TPSA) is 78.9 Å². The molecular formula is C20H23ClFN7. The van der Waals surface area contributed by atoms with Crippen molar-refractivity contribution in [2.75, 3.05) is 24.7 Å². The lowest BCUT2D eigenvalue weighted by Crippen LogP contribution is -2.36. The zero-order valence-electron chi connectivity index (χ0n) is 16.4. The summed E-state index contributed by atoms with van der Waals surface area (Å²) in [7, 11) is 4.27. The molecule has 1 aliphatic carbocycles. The average molecular weight is 416 g/mol. The molecule has 152 valence electrons. The molecule has 0 saturated heterocycles. The molecule has 1 saturated carbocycles. The zero-order valence-corrected chi connectivity index (χ0v) is 17.1. The maximum absolute atomic E-state index is 13.4. The number of hydrogen-bond donors (Lipinski definition) is 2. The molecule has 2 heterocycles. The molecule has 3 aromatic rings. The Kier molecular flexibility index (Phi) is 5.73. The number of aromatic nitrogens is 4. The van der Waals surface area contributed by atoms with E-state index in [0.29, 0.717) is 40.6 Å². The standard InChI is InChI=1S/C20H23ClFN7/c1-29(2)14-6-3-12(4-7-14)27-20-23-10-17-18(28-20)19(25-11-24-17)26-13-5-8-16(22)15(21)9-13/h5,8-12,14H,3-4,6-7H2,1-2H3,(H,23,27,28)(H,24,25,26)/t12-,14-. The van der Waals surface area contributed by atoms with Gasteiger partial charge in [-0.15, -0.1) is 0 Å². The summed E-state index contributed by atoms with van der Waals surface area (Å²) < 4.78 is 13.4. The Bertz CT molecular complexity index is 1010. The van der Waals surface area contributed by atoms with E-state index in [1.807, 2.05) is 0 Å². The molecule has 7 nitrogen and oxygen atoms in total. The van der Waals surface area contributed by atoms with Gasteiger partial charge in [0, 0.05) is 17.8 Å². The molecule has 9 heteroatoms. The van der Waals surface area contributed by atoms with E-state index in [4.69, 9.17) is 11.6 Å². The van der Waals surface area contributed by atoms with Gasteiger partial charge in [-0.1, -0.05) is 11.6 Å². The largest absolute Gasteiger partial charge is 0.351 e. The van der Waals surface area contributed by atoms with Crippen LogP contribution in [-0.4, -0.2) is 51.0 Å². The van der Waals surface area contributed by atoms with Crippen LogP contribution in [0, 0.1) is 5.82 Å². The highest BCUT2D eigenvalue weighted by molar-refractivity contribution is 6.31. The first-order valence-corrected chi connectivity index (χ1v) is 10.00. The van der Waals surface area contributed by atoms with Crippen LogP contribution in [-0.2, 0) is 0 Å². The molecule has 1 fully saturated rings. The molecule has 1 aromatic carbocycles. The molecule has 2 N–H and O–H groups in total. The molecule has 0 aliphatic heterocycles. The molecule has 0 spiro atoms. The second-order valence-corrected chi connectivity index (χ2v) is 7.92. The summed E-state index contributed by atoms with van der Waals surface area (Å²) in [5, 5.41) is 6.62. The molecule has 29 heavy (non-hydrogen) atoms. The van der Waals surface area contributed by atoms with E-state index in [9.17, 15) is 4.39 Å². The molecule has 0 unspecified atom stereocenters. The summed E-state index contributed by atoms with van der Waals surface area (Å²) in [6, 6.07) is 5.39. The number of nitrogens with zero attached hydrogens (tertiary/aromatic N) is 5. The van der Waals surface area contributed by atoms with E-state index in [1.54, 1.807) is 12.3 Å². The lowest BCUT2D eigenvalue weighted by atomic mass is 9.91. The Morgan fingerprint density at radius 2 is 1.90 bits per heavy atom. The van der Waals surface area contributed by atoms with Crippen molar-refractivity contribution >= 4 is 40.1 Å². The van der Waals surface area contributed by atoms with Gasteiger partial charge < -0.3 is 15.5 Å². The van der Waals surface area contributed by atoms with Crippen molar-refractivity contribution in [3.05, 3.63) is 41.6 Å². The monoisotopic (exact) mass is 415 g/mol. The van der Waals surface area contributed by atoms with Crippen molar-refractivity contribution in [3.8, 4) is 0 Å². The predicted molar refractivity (Wildman–Crippen MR) is 113 cm³/mol. The molecule has 0 bridgehead atoms. The van der Waals surface area contributed by atoms with Gasteiger partial charge in [-0.2, -0.15) is 0 Å². The highest BCUT2D eigenvalue weighted by Gasteiger charge is 2.23. The second kappa shape index (κ2) is 8.42. The van der Waals surface area contributed by atoms with E-state index in [2.05, 4.69) is 49.6 Å². The minimum Gasteiger partial charge on any atom is -0.351 e. The van der Waals surface area contributed by atoms with E-state index in [0.717, 1.165) is 25.7 Å². The van der Waals surface area contributed by atoms with Gasteiger partial charge in [0.25, 0.3) is 0 Å². The predicted octanol–water partition coefficient (Wildman–Crippen LogP) is 4.24. The summed E-state index contributed by atoms with van der Waals surface area (Å²) in [5.74, 6) is 0.600. The molecule has 4 rings (SSSR count). The van der Waals surface area contributed by atoms with Gasteiger partial charge in [-0.3, -0.25) is 0 Å². The van der Waals surface area contributed by atoms with Crippen LogP contribution >= 0.6 is 11.6 Å². The van der Waals surface area contributed by atoms with E-state index >= 15 is 0 Å². The summed E-state index contributed by atoms with van der Waals surface area (Å²) in [4.78, 5) is 19.9. The quantitative estimate of drug-likeness (QED) is 0.645. The van der Waals surface area contributed by atoms with Gasteiger partial charge in [0.2, 0.25) is 5.95 Å². The van der Waals surface area contributed by atoms with Crippen molar-refractivity contribution in [1.82, 2.24) is 24.8 Å². The highest BCUT2D eigenvalue weighted by atomic mass is 35.5. The SMILES string of the molecule is CN(C)[C@H]1CC[C@H](Nc2ncc3ncnc(Nc4ccc(F)c(Cl)c4)c3n2)CC1. The molecule has 0 radical (unpaired) electrons. The van der Waals surface area contributed by atoms with E-state index in [-0.39, 0.29) is 5.02 Å². The minimum atomic E-state index is -0.470. The number of benzene rings is 1. The van der Waals surface area contributed by atoms with Crippen LogP contribution in [0.1, 0.15) is 25.7 Å². The fourth-order valence-electron chi connectivity index (χ4n) is 3.64. The van der Waals surface area contributed by atoms with Crippen molar-refractivity contribution < 1.29 is 4.39 Å². The van der Waals surface area contributed by atoms with Crippen molar-refractivity contribution in [1.29, 1.82) is 0 Å². The minimum absolute atomic E-state index is 0.0404. The lowest BCUT2D eigenvalue weighted by Gasteiger charge is -2.32. The van der Waals surface area contributed by atoms with E-state index in [1.165, 1.54) is 18.5 Å². The van der Waals surface area contributed by atoms with Gasteiger partial charge >= 0.3 is 0 Å². The normalized spacial score (nSPS) is 19.5. The van der Waals surface area contributed by atoms with E-state index < -0.39 is 5.82 Å². The van der Waals surface area contributed by atoms with Gasteiger partial charge in [-0.05, 0) is 58.0 Å². The van der Waals surface area contributed by atoms with Crippen LogP contribution in [0.3, 0.4) is 0 Å². The number of anilines is 3. The number of hydrogen-bond acceptors (Lipinski definition) is 7. The Morgan fingerprint density at radius 1 is 1.10 bits per heavy atom. The molecular weight excluding hydrogens is 393 g/mol. The average Bonchev–Trinajstić information content (AvgIpc) is 2.71. The molecule has 0 atom stereocenters. The zero-order chi connectivity index (χ0) is 20.4. The van der Waals surface area contributed by atoms with Crippen molar-refractivity contribution in [3.63, 3.8) is 0 Å². The first-order valence-electron chi connectivity index (χ1n) is 9.62. The fourth-order valence-corrected chi connectivity index (χ4v) is 3.83. The third-order valence-corrected chi connectivity index (χ3v) is 5.61. The molecule has 2 aromatic heterocycles. The molecule has 0 amide bonds. The number of rotatable bonds is 5. The number of halogens is 2. The Hall–Kier alpha value is -2.58. The van der Waals surface area contributed by atoms with Crippen molar-refractivity contribution in [2.24, 2.45) is 0 Å². The number of fused-ring (bicyclic) bond motifs is 1. The molecule has 1 aliphatic rings. The van der Waals surface area contributed by atoms with Gasteiger partial charge in [-0.25, -0.2) is 24.3 Å². The van der Waals surface area contributed by atoms with Crippen LogP contribution in [0.4, 0.5) is 21.8 Å². The Balaban J connectivity index is 1.53. The highest BCUT2D eigenvalue weighted by Crippen LogP contribution is 2.27. The van der Waals surface area contributed by atoms with Gasteiger partial charge in [0.05, 0.1) is 11.2 Å². The van der Waals surface area contributed by atoms with Gasteiger partial charge in [0.1, 0.15) is 23.2 Å². The Labute approximate surface area is 173 Å². The summed E-state index contributed by atoms with van der Waals surface area (Å²) in [6.07, 6.45) is 7.58. The lowest BCUT2D eigenvalue weighted by molar-refractivity contribution is 0.221. The van der Waals surface area contributed by atoms with Crippen LogP contribution in [0.5, 0.6) is 0 Å². The van der Waals surface area contributed by atoms with Gasteiger partial charge in [0.15, 0.2) is 5.82 Å². The first-order chi connectivity index (χ1) is 14.0. The van der Waals surface area contributed by atoms with Crippen molar-refractivity contribution in [2.45, 2.75) is 37.8 Å². The van der Waals surface area contributed by atoms with Crippen LogP contribution in [0.15, 0.2) is 30.7 Å². The smallest absolute Gasteiger partial charge is 0.223 e. The Morgan fingerprint density at radius 3 is 2.62 bits per heavy atom. The van der Waals surface area contributed by atoms with Crippen LogP contribution in [0.2, 0.25) is 5.02 Å². The summed E-state index contributed by atoms with van der Waals surface area (Å²) in [5.41, 5.74) is 1.83. The summed E-state index contributed by atoms with van der Waals surface area (Å²) >= 11 is 5.88. The summed E-state index contributed by atoms with van der Waals surface area (Å²) in [6.45, 7) is 0. The maximum atomic E-state index is 13.4. The third kappa shape index (κ3) is 4.54.